The standard InChI is InChI=1S/C12H16ClN3O2S2/c1-9(2)16-11(14-15-12(16)20(13,17)18)7-3-5-10-6-4-8-19-10/h4,6,8-9H,3,5,7H2,1-2H3. The molecule has 0 aromatic carbocycles. The fraction of sp³-hybridized carbons (Fsp3) is 0.500. The van der Waals surface area contributed by atoms with Crippen molar-refractivity contribution in [2.24, 2.45) is 0 Å². The van der Waals surface area contributed by atoms with Crippen LogP contribution in [0.4, 0.5) is 0 Å². The number of aromatic nitrogens is 3. The molecule has 2 rings (SSSR count). The summed E-state index contributed by atoms with van der Waals surface area (Å²) in [6, 6.07) is 4.06. The van der Waals surface area contributed by atoms with E-state index in [9.17, 15) is 8.42 Å². The molecule has 2 heterocycles. The molecule has 0 spiro atoms. The third-order valence-electron chi connectivity index (χ3n) is 2.87. The summed E-state index contributed by atoms with van der Waals surface area (Å²) >= 11 is 1.72. The van der Waals surface area contributed by atoms with E-state index in [0.29, 0.717) is 12.2 Å². The number of halogens is 1. The maximum Gasteiger partial charge on any atom is 0.296 e. The number of rotatable bonds is 6. The van der Waals surface area contributed by atoms with Crippen LogP contribution in [0.1, 0.15) is 37.0 Å². The molecule has 0 radical (unpaired) electrons. The maximum absolute atomic E-state index is 11.5. The molecule has 0 aliphatic carbocycles. The lowest BCUT2D eigenvalue weighted by atomic mass is 10.2. The molecule has 0 fully saturated rings. The zero-order valence-electron chi connectivity index (χ0n) is 11.3. The molecule has 110 valence electrons. The second kappa shape index (κ2) is 6.24. The van der Waals surface area contributed by atoms with Crippen LogP contribution < -0.4 is 0 Å². The molecule has 0 saturated heterocycles. The van der Waals surface area contributed by atoms with Crippen LogP contribution in [0, 0.1) is 0 Å². The topological polar surface area (TPSA) is 64.8 Å². The van der Waals surface area contributed by atoms with Gasteiger partial charge in [-0.2, -0.15) is 0 Å². The largest absolute Gasteiger partial charge is 0.298 e. The number of hydrogen-bond donors (Lipinski definition) is 0. The second-order valence-electron chi connectivity index (χ2n) is 4.73. The van der Waals surface area contributed by atoms with Crippen LogP contribution in [0.25, 0.3) is 0 Å². The summed E-state index contributed by atoms with van der Waals surface area (Å²) in [6.45, 7) is 3.77. The Morgan fingerprint density at radius 3 is 2.65 bits per heavy atom. The first kappa shape index (κ1) is 15.5. The molecule has 0 aliphatic rings. The fourth-order valence-corrected chi connectivity index (χ4v) is 3.79. The Bertz CT molecular complexity index is 663. The van der Waals surface area contributed by atoms with Crippen LogP contribution in [-0.2, 0) is 21.9 Å². The molecule has 0 atom stereocenters. The van der Waals surface area contributed by atoms with Crippen molar-refractivity contribution in [3.05, 3.63) is 28.2 Å². The molecule has 2 aromatic heterocycles. The second-order valence-corrected chi connectivity index (χ2v) is 8.23. The summed E-state index contributed by atoms with van der Waals surface area (Å²) in [5, 5.41) is 9.57. The van der Waals surface area contributed by atoms with E-state index in [1.165, 1.54) is 4.88 Å². The molecule has 2 aromatic rings. The van der Waals surface area contributed by atoms with Gasteiger partial charge in [0.25, 0.3) is 14.2 Å². The van der Waals surface area contributed by atoms with E-state index in [-0.39, 0.29) is 11.2 Å². The highest BCUT2D eigenvalue weighted by Gasteiger charge is 2.23. The van der Waals surface area contributed by atoms with Gasteiger partial charge >= 0.3 is 0 Å². The molecular formula is C12H16ClN3O2S2. The SMILES string of the molecule is CC(C)n1c(CCCc2cccs2)nnc1S(=O)(=O)Cl. The maximum atomic E-state index is 11.5. The lowest BCUT2D eigenvalue weighted by Crippen LogP contribution is -2.12. The summed E-state index contributed by atoms with van der Waals surface area (Å²) in [5.74, 6) is 0.663. The van der Waals surface area contributed by atoms with E-state index in [2.05, 4.69) is 16.3 Å². The molecule has 0 N–H and O–H groups in total. The monoisotopic (exact) mass is 333 g/mol. The molecule has 0 aliphatic heterocycles. The number of thiophene rings is 1. The average molecular weight is 334 g/mol. The lowest BCUT2D eigenvalue weighted by Gasteiger charge is -2.12. The fourth-order valence-electron chi connectivity index (χ4n) is 2.04. The highest BCUT2D eigenvalue weighted by molar-refractivity contribution is 8.13. The quantitative estimate of drug-likeness (QED) is 0.762. The van der Waals surface area contributed by atoms with Gasteiger partial charge in [-0.05, 0) is 38.1 Å². The van der Waals surface area contributed by atoms with Crippen LogP contribution in [0.15, 0.2) is 22.7 Å². The first-order valence-electron chi connectivity index (χ1n) is 6.30. The summed E-state index contributed by atoms with van der Waals surface area (Å²) in [6.07, 6.45) is 2.52. The van der Waals surface area contributed by atoms with Crippen molar-refractivity contribution in [3.63, 3.8) is 0 Å². The Morgan fingerprint density at radius 2 is 2.10 bits per heavy atom. The zero-order valence-corrected chi connectivity index (χ0v) is 13.7. The predicted molar refractivity (Wildman–Crippen MR) is 79.8 cm³/mol. The van der Waals surface area contributed by atoms with Gasteiger partial charge in [-0.25, -0.2) is 8.42 Å². The lowest BCUT2D eigenvalue weighted by molar-refractivity contribution is 0.505. The summed E-state index contributed by atoms with van der Waals surface area (Å²) in [5.41, 5.74) is 0. The highest BCUT2D eigenvalue weighted by atomic mass is 35.7. The van der Waals surface area contributed by atoms with Crippen LogP contribution in [0.2, 0.25) is 0 Å². The Balaban J connectivity index is 2.14. The van der Waals surface area contributed by atoms with Gasteiger partial charge in [0.05, 0.1) is 0 Å². The Labute approximate surface area is 127 Å². The van der Waals surface area contributed by atoms with Crippen molar-refractivity contribution in [3.8, 4) is 0 Å². The average Bonchev–Trinajstić information content (AvgIpc) is 2.96. The van der Waals surface area contributed by atoms with Crippen LogP contribution >= 0.6 is 22.0 Å². The van der Waals surface area contributed by atoms with Gasteiger partial charge in [-0.15, -0.1) is 21.5 Å². The van der Waals surface area contributed by atoms with Crippen molar-refractivity contribution in [1.82, 2.24) is 14.8 Å². The Kier molecular flexibility index (Phi) is 4.82. The molecule has 0 saturated carbocycles. The van der Waals surface area contributed by atoms with Crippen molar-refractivity contribution in [2.75, 3.05) is 0 Å². The summed E-state index contributed by atoms with van der Waals surface area (Å²) in [7, 11) is 1.52. The van der Waals surface area contributed by atoms with Gasteiger partial charge in [-0.3, -0.25) is 4.57 Å². The first-order valence-corrected chi connectivity index (χ1v) is 9.49. The summed E-state index contributed by atoms with van der Waals surface area (Å²) < 4.78 is 24.5. The molecular weight excluding hydrogens is 318 g/mol. The molecule has 8 heteroatoms. The van der Waals surface area contributed by atoms with Gasteiger partial charge in [-0.1, -0.05) is 6.07 Å². The number of aryl methyl sites for hydroxylation is 2. The van der Waals surface area contributed by atoms with Crippen molar-refractivity contribution >= 4 is 31.1 Å². The van der Waals surface area contributed by atoms with E-state index in [1.54, 1.807) is 15.9 Å². The van der Waals surface area contributed by atoms with E-state index >= 15 is 0 Å². The minimum absolute atomic E-state index is 0.0507. The van der Waals surface area contributed by atoms with Gasteiger partial charge in [0.2, 0.25) is 0 Å². The van der Waals surface area contributed by atoms with Crippen LogP contribution in [0.3, 0.4) is 0 Å². The molecule has 0 bridgehead atoms. The van der Waals surface area contributed by atoms with Gasteiger partial charge in [0, 0.05) is 28.0 Å². The van der Waals surface area contributed by atoms with E-state index in [4.69, 9.17) is 10.7 Å². The zero-order chi connectivity index (χ0) is 14.8. The molecule has 5 nitrogen and oxygen atoms in total. The molecule has 0 unspecified atom stereocenters. The van der Waals surface area contributed by atoms with Crippen molar-refractivity contribution < 1.29 is 8.42 Å². The minimum Gasteiger partial charge on any atom is -0.298 e. The number of nitrogens with zero attached hydrogens (tertiary/aromatic N) is 3. The number of hydrogen-bond acceptors (Lipinski definition) is 5. The predicted octanol–water partition coefficient (Wildman–Crippen LogP) is 3.02. The summed E-state index contributed by atoms with van der Waals surface area (Å²) in [4.78, 5) is 1.31. The third kappa shape index (κ3) is 3.59. The van der Waals surface area contributed by atoms with Gasteiger partial charge in [0.1, 0.15) is 5.82 Å². The van der Waals surface area contributed by atoms with Crippen LogP contribution in [0.5, 0.6) is 0 Å². The third-order valence-corrected chi connectivity index (χ3v) is 4.94. The Hall–Kier alpha value is -0.920. The minimum atomic E-state index is -3.86. The van der Waals surface area contributed by atoms with Gasteiger partial charge in [0.15, 0.2) is 0 Å². The molecule has 0 amide bonds. The smallest absolute Gasteiger partial charge is 0.296 e. The van der Waals surface area contributed by atoms with E-state index < -0.39 is 9.05 Å². The Morgan fingerprint density at radius 1 is 1.35 bits per heavy atom. The first-order chi connectivity index (χ1) is 9.39. The molecule has 20 heavy (non-hydrogen) atoms. The van der Waals surface area contributed by atoms with Crippen molar-refractivity contribution in [1.29, 1.82) is 0 Å². The highest BCUT2D eigenvalue weighted by Crippen LogP contribution is 2.20. The van der Waals surface area contributed by atoms with Crippen LogP contribution in [-0.4, -0.2) is 23.2 Å². The van der Waals surface area contributed by atoms with E-state index in [0.717, 1.165) is 12.8 Å². The van der Waals surface area contributed by atoms with Gasteiger partial charge < -0.3 is 0 Å². The van der Waals surface area contributed by atoms with E-state index in [1.807, 2.05) is 25.3 Å². The normalized spacial score (nSPS) is 12.2. The van der Waals surface area contributed by atoms with Crippen molar-refractivity contribution in [2.45, 2.75) is 44.3 Å².